The summed E-state index contributed by atoms with van der Waals surface area (Å²) < 4.78 is 46.2. The molecule has 0 bridgehead atoms. The van der Waals surface area contributed by atoms with Gasteiger partial charge in [0.2, 0.25) is 0 Å². The van der Waals surface area contributed by atoms with Crippen LogP contribution in [-0.4, -0.2) is 45.7 Å². The molecule has 1 N–H and O–H groups in total. The highest BCUT2D eigenvalue weighted by molar-refractivity contribution is 4.85. The van der Waals surface area contributed by atoms with Crippen LogP contribution in [0.3, 0.4) is 0 Å². The topological polar surface area (TPSA) is 30.5 Å². The summed E-state index contributed by atoms with van der Waals surface area (Å²) in [6.07, 6.45) is -3.51. The Morgan fingerprint density at radius 1 is 1.39 bits per heavy atom. The second kappa shape index (κ2) is 6.73. The third-order valence-corrected chi connectivity index (χ3v) is 2.91. The van der Waals surface area contributed by atoms with Gasteiger partial charge in [0, 0.05) is 18.6 Å². The molecule has 0 radical (unpaired) electrons. The minimum absolute atomic E-state index is 0.0948. The van der Waals surface area contributed by atoms with Crippen LogP contribution in [-0.2, 0) is 9.47 Å². The number of ether oxygens (including phenoxy) is 2. The van der Waals surface area contributed by atoms with E-state index in [4.69, 9.17) is 9.47 Å². The van der Waals surface area contributed by atoms with Crippen molar-refractivity contribution in [1.82, 2.24) is 5.32 Å². The number of nitrogens with one attached hydrogen (secondary N) is 1. The molecule has 1 rings (SSSR count). The smallest absolute Gasteiger partial charge is 0.381 e. The van der Waals surface area contributed by atoms with E-state index >= 15 is 0 Å². The Hall–Kier alpha value is -0.330. The first-order chi connectivity index (χ1) is 8.33. The lowest BCUT2D eigenvalue weighted by Gasteiger charge is -2.28. The highest BCUT2D eigenvalue weighted by Crippen LogP contribution is 2.29. The van der Waals surface area contributed by atoms with Gasteiger partial charge in [-0.25, -0.2) is 0 Å². The summed E-state index contributed by atoms with van der Waals surface area (Å²) in [5.41, 5.74) is -0.305. The summed E-state index contributed by atoms with van der Waals surface area (Å²) in [6, 6.07) is 0. The van der Waals surface area contributed by atoms with Gasteiger partial charge in [0.05, 0.1) is 13.2 Å². The lowest BCUT2D eigenvalue weighted by molar-refractivity contribution is -0.180. The summed E-state index contributed by atoms with van der Waals surface area (Å²) in [6.45, 7) is 5.64. The van der Waals surface area contributed by atoms with E-state index in [0.29, 0.717) is 25.7 Å². The summed E-state index contributed by atoms with van der Waals surface area (Å²) in [7, 11) is 0. The predicted molar refractivity (Wildman–Crippen MR) is 62.5 cm³/mol. The van der Waals surface area contributed by atoms with E-state index in [-0.39, 0.29) is 12.0 Å². The van der Waals surface area contributed by atoms with E-state index in [2.05, 4.69) is 19.2 Å². The maximum Gasteiger partial charge on any atom is 0.411 e. The van der Waals surface area contributed by atoms with Crippen LogP contribution in [0.25, 0.3) is 0 Å². The van der Waals surface area contributed by atoms with Gasteiger partial charge in [-0.1, -0.05) is 13.8 Å². The molecule has 0 aromatic heterocycles. The van der Waals surface area contributed by atoms with Crippen molar-refractivity contribution in [3.63, 3.8) is 0 Å². The molecule has 1 fully saturated rings. The number of halogens is 3. The van der Waals surface area contributed by atoms with Crippen molar-refractivity contribution in [1.29, 1.82) is 0 Å². The van der Waals surface area contributed by atoms with E-state index in [1.165, 1.54) is 0 Å². The Morgan fingerprint density at radius 2 is 2.11 bits per heavy atom. The lowest BCUT2D eigenvalue weighted by Crippen LogP contribution is -2.40. The molecule has 1 aliphatic rings. The Balaban J connectivity index is 2.33. The molecule has 0 saturated carbocycles. The fraction of sp³-hybridized carbons (Fsp3) is 1.00. The number of hydrogen-bond donors (Lipinski definition) is 1. The molecule has 1 unspecified atom stereocenters. The molecule has 3 nitrogen and oxygen atoms in total. The van der Waals surface area contributed by atoms with E-state index in [1.54, 1.807) is 0 Å². The third-order valence-electron chi connectivity index (χ3n) is 2.91. The Labute approximate surface area is 106 Å². The molecule has 18 heavy (non-hydrogen) atoms. The van der Waals surface area contributed by atoms with Gasteiger partial charge >= 0.3 is 6.18 Å². The second-order valence-corrected chi connectivity index (χ2v) is 5.44. The monoisotopic (exact) mass is 269 g/mol. The predicted octanol–water partition coefficient (Wildman–Crippen LogP) is 2.22. The van der Waals surface area contributed by atoms with E-state index in [9.17, 15) is 13.2 Å². The van der Waals surface area contributed by atoms with Gasteiger partial charge in [-0.3, -0.25) is 0 Å². The third kappa shape index (κ3) is 6.02. The molecule has 1 aliphatic heterocycles. The summed E-state index contributed by atoms with van der Waals surface area (Å²) in [5, 5.41) is 3.27. The minimum Gasteiger partial charge on any atom is -0.381 e. The largest absolute Gasteiger partial charge is 0.411 e. The average molecular weight is 269 g/mol. The fourth-order valence-electron chi connectivity index (χ4n) is 1.96. The minimum atomic E-state index is -4.26. The molecule has 1 heterocycles. The zero-order valence-corrected chi connectivity index (χ0v) is 11.0. The highest BCUT2D eigenvalue weighted by Gasteiger charge is 2.37. The Morgan fingerprint density at radius 3 is 2.61 bits per heavy atom. The van der Waals surface area contributed by atoms with Crippen molar-refractivity contribution in [2.24, 2.45) is 11.3 Å². The molecule has 108 valence electrons. The molecule has 0 spiro atoms. The molecule has 0 aromatic carbocycles. The summed E-state index contributed by atoms with van der Waals surface area (Å²) in [5.74, 6) is 0.514. The standard InChI is InChI=1S/C12H22F3NO2/c1-10(2)5-16-6-11(3-4-17-7-11)8-18-9-12(13,14)15/h10,16H,3-9H2,1-2H3. The molecular weight excluding hydrogens is 247 g/mol. The number of rotatable bonds is 7. The van der Waals surface area contributed by atoms with Crippen molar-refractivity contribution in [3.8, 4) is 0 Å². The van der Waals surface area contributed by atoms with Crippen LogP contribution in [0.15, 0.2) is 0 Å². The first-order valence-corrected chi connectivity index (χ1v) is 6.26. The van der Waals surface area contributed by atoms with Crippen molar-refractivity contribution in [2.75, 3.05) is 39.5 Å². The molecule has 0 aliphatic carbocycles. The van der Waals surface area contributed by atoms with Gasteiger partial charge < -0.3 is 14.8 Å². The van der Waals surface area contributed by atoms with Gasteiger partial charge in [-0.15, -0.1) is 0 Å². The second-order valence-electron chi connectivity index (χ2n) is 5.44. The van der Waals surface area contributed by atoms with E-state index in [1.807, 2.05) is 0 Å². The lowest BCUT2D eigenvalue weighted by atomic mass is 9.88. The number of hydrogen-bond acceptors (Lipinski definition) is 3. The van der Waals surface area contributed by atoms with Gasteiger partial charge in [-0.2, -0.15) is 13.2 Å². The quantitative estimate of drug-likeness (QED) is 0.768. The van der Waals surface area contributed by atoms with Gasteiger partial charge in [0.25, 0.3) is 0 Å². The zero-order chi connectivity index (χ0) is 13.6. The van der Waals surface area contributed by atoms with Gasteiger partial charge in [0.1, 0.15) is 6.61 Å². The van der Waals surface area contributed by atoms with Crippen LogP contribution in [0.4, 0.5) is 13.2 Å². The maximum absolute atomic E-state index is 12.0. The SMILES string of the molecule is CC(C)CNCC1(COCC(F)(F)F)CCOC1. The normalized spacial score (nSPS) is 25.0. The molecule has 0 amide bonds. The van der Waals surface area contributed by atoms with Crippen LogP contribution >= 0.6 is 0 Å². The van der Waals surface area contributed by atoms with Gasteiger partial charge in [0.15, 0.2) is 0 Å². The molecule has 1 atom stereocenters. The van der Waals surface area contributed by atoms with Crippen LogP contribution in [0, 0.1) is 11.3 Å². The first kappa shape index (κ1) is 15.7. The Bertz CT molecular complexity index is 238. The summed E-state index contributed by atoms with van der Waals surface area (Å²) >= 11 is 0. The first-order valence-electron chi connectivity index (χ1n) is 6.26. The average Bonchev–Trinajstić information content (AvgIpc) is 2.64. The maximum atomic E-state index is 12.0. The van der Waals surface area contributed by atoms with E-state index in [0.717, 1.165) is 13.0 Å². The molecule has 0 aromatic rings. The number of alkyl halides is 3. The summed E-state index contributed by atoms with van der Waals surface area (Å²) in [4.78, 5) is 0. The van der Waals surface area contributed by atoms with Crippen LogP contribution in [0.1, 0.15) is 20.3 Å². The van der Waals surface area contributed by atoms with E-state index < -0.39 is 12.8 Å². The van der Waals surface area contributed by atoms with Crippen molar-refractivity contribution in [3.05, 3.63) is 0 Å². The highest BCUT2D eigenvalue weighted by atomic mass is 19.4. The molecular formula is C12H22F3NO2. The van der Waals surface area contributed by atoms with Crippen molar-refractivity contribution in [2.45, 2.75) is 26.4 Å². The Kier molecular flexibility index (Phi) is 5.88. The van der Waals surface area contributed by atoms with Crippen LogP contribution < -0.4 is 5.32 Å². The fourth-order valence-corrected chi connectivity index (χ4v) is 1.96. The van der Waals surface area contributed by atoms with Gasteiger partial charge in [-0.05, 0) is 18.9 Å². The molecule has 6 heteroatoms. The van der Waals surface area contributed by atoms with Crippen molar-refractivity contribution >= 4 is 0 Å². The molecule has 1 saturated heterocycles. The van der Waals surface area contributed by atoms with Crippen molar-refractivity contribution < 1.29 is 22.6 Å². The zero-order valence-electron chi connectivity index (χ0n) is 11.0. The van der Waals surface area contributed by atoms with Crippen LogP contribution in [0.2, 0.25) is 0 Å². The van der Waals surface area contributed by atoms with Crippen LogP contribution in [0.5, 0.6) is 0 Å².